The molecule has 12 heteroatoms. The molecule has 1 amide bonds. The van der Waals surface area contributed by atoms with Gasteiger partial charge in [-0.25, -0.2) is 4.79 Å². The predicted octanol–water partition coefficient (Wildman–Crippen LogP) is 13.3. The molecule has 2 aliphatic heterocycles. The van der Waals surface area contributed by atoms with Crippen molar-refractivity contribution in [3.63, 3.8) is 0 Å². The van der Waals surface area contributed by atoms with Crippen molar-refractivity contribution in [2.24, 2.45) is 22.9 Å². The minimum absolute atomic E-state index is 0.00610. The molecule has 2 heterocycles. The third-order valence-electron chi connectivity index (χ3n) is 15.7. The fourth-order valence-corrected chi connectivity index (χ4v) is 12.1. The first-order chi connectivity index (χ1) is 38.0. The number of hydrogen-bond donors (Lipinski definition) is 2. The lowest BCUT2D eigenvalue weighted by molar-refractivity contribution is -0.256. The summed E-state index contributed by atoms with van der Waals surface area (Å²) < 4.78 is 40.1. The lowest BCUT2D eigenvalue weighted by Gasteiger charge is -2.60. The van der Waals surface area contributed by atoms with Crippen molar-refractivity contribution in [1.29, 1.82) is 0 Å². The summed E-state index contributed by atoms with van der Waals surface area (Å²) in [5.41, 5.74) is 6.72. The van der Waals surface area contributed by atoms with E-state index in [0.717, 1.165) is 82.7 Å². The van der Waals surface area contributed by atoms with Crippen LogP contribution in [0.2, 0.25) is 0 Å². The van der Waals surface area contributed by atoms with Crippen molar-refractivity contribution in [3.05, 3.63) is 187 Å². The third-order valence-corrected chi connectivity index (χ3v) is 15.7. The number of amides is 1. The number of ether oxygens (including phenoxy) is 6. The second-order valence-corrected chi connectivity index (χ2v) is 20.6. The van der Waals surface area contributed by atoms with Crippen molar-refractivity contribution < 1.29 is 48.3 Å². The molecular formula is C65H72N2O10. The van der Waals surface area contributed by atoms with E-state index in [9.17, 15) is 10.2 Å². The number of oxime groups is 1. The topological polar surface area (TPSA) is 138 Å². The second kappa shape index (κ2) is 26.0. The standard InChI is InChI=1S/C65H72N2O10/c1-2-37-74-65-60(67(44-51-25-17-24-49-22-9-10-26-54(49)51)64(70)73-40-39-71-45-46-18-5-3-6-19-46)43-58(66-77-61-28-13-16-38-72-61)56-41-50(23-11-14-35-68)55(27-12-15-36-69)62(63(56)65)57-42-53(33-34-59(57)76-65)75-52-31-29-48(30-32-52)47-20-7-4-8-21-47/h2-10,17-22,24-26,29-34,41-42,50,55,60-63,68-69H,1,11-16,23,27-28,35-40,43-45H2/t50-,55+,60-,61?,62+,63+,65+/m0/s1. The fourth-order valence-electron chi connectivity index (χ4n) is 12.1. The largest absolute Gasteiger partial charge is 0.459 e. The summed E-state index contributed by atoms with van der Waals surface area (Å²) >= 11 is 0. The van der Waals surface area contributed by atoms with Gasteiger partial charge in [0.05, 0.1) is 44.6 Å². The number of benzene rings is 6. The Morgan fingerprint density at radius 1 is 0.792 bits per heavy atom. The zero-order chi connectivity index (χ0) is 52.8. The first-order valence-electron chi connectivity index (χ1n) is 27.7. The van der Waals surface area contributed by atoms with E-state index >= 15 is 4.79 Å². The van der Waals surface area contributed by atoms with Gasteiger partial charge in [0.15, 0.2) is 0 Å². The maximum absolute atomic E-state index is 15.4. The van der Waals surface area contributed by atoms with E-state index in [2.05, 4.69) is 67.3 Å². The van der Waals surface area contributed by atoms with Crippen LogP contribution in [0.1, 0.15) is 86.8 Å². The third kappa shape index (κ3) is 12.5. The van der Waals surface area contributed by atoms with Crippen LogP contribution >= 0.6 is 0 Å². The van der Waals surface area contributed by atoms with Gasteiger partial charge in [0.1, 0.15) is 29.9 Å². The predicted molar refractivity (Wildman–Crippen MR) is 299 cm³/mol. The number of unbranched alkanes of at least 4 members (excludes halogenated alkanes) is 2. The number of carbonyl (C=O) groups is 1. The molecule has 0 spiro atoms. The number of nitrogens with zero attached hydrogens (tertiary/aromatic N) is 2. The van der Waals surface area contributed by atoms with E-state index in [1.807, 2.05) is 91.0 Å². The fraction of sp³-hybridized carbons (Fsp3) is 0.385. The van der Waals surface area contributed by atoms with Gasteiger partial charge in [-0.1, -0.05) is 145 Å². The molecule has 2 aliphatic carbocycles. The molecule has 0 bridgehead atoms. The Kier molecular flexibility index (Phi) is 18.1. The smallest absolute Gasteiger partial charge is 0.410 e. The summed E-state index contributed by atoms with van der Waals surface area (Å²) in [6.07, 6.45) is 10.3. The van der Waals surface area contributed by atoms with Gasteiger partial charge in [-0.05, 0) is 119 Å². The van der Waals surface area contributed by atoms with Crippen LogP contribution in [-0.4, -0.2) is 84.7 Å². The van der Waals surface area contributed by atoms with Gasteiger partial charge in [-0.3, -0.25) is 4.90 Å². The van der Waals surface area contributed by atoms with Gasteiger partial charge in [-0.15, -0.1) is 6.58 Å². The molecular weight excluding hydrogens is 969 g/mol. The van der Waals surface area contributed by atoms with Crippen molar-refractivity contribution in [1.82, 2.24) is 4.90 Å². The van der Waals surface area contributed by atoms with Gasteiger partial charge in [0, 0.05) is 37.5 Å². The highest BCUT2D eigenvalue weighted by atomic mass is 16.8. The van der Waals surface area contributed by atoms with Gasteiger partial charge < -0.3 is 43.5 Å². The van der Waals surface area contributed by atoms with Crippen LogP contribution in [0.15, 0.2) is 175 Å². The Morgan fingerprint density at radius 3 is 2.31 bits per heavy atom. The lowest BCUT2D eigenvalue weighted by atomic mass is 9.55. The summed E-state index contributed by atoms with van der Waals surface area (Å²) in [6.45, 7) is 5.73. The molecule has 0 radical (unpaired) electrons. The Bertz CT molecular complexity index is 2940. The number of carbonyl (C=O) groups excluding carboxylic acids is 1. The number of rotatable bonds is 24. The number of hydrogen-bond acceptors (Lipinski definition) is 11. The molecule has 0 aromatic heterocycles. The van der Waals surface area contributed by atoms with Crippen LogP contribution < -0.4 is 9.47 Å². The van der Waals surface area contributed by atoms with Crippen LogP contribution in [0.4, 0.5) is 4.79 Å². The highest BCUT2D eigenvalue weighted by Gasteiger charge is 2.66. The van der Waals surface area contributed by atoms with Crippen LogP contribution in [-0.2, 0) is 36.9 Å². The van der Waals surface area contributed by atoms with Crippen molar-refractivity contribution in [3.8, 4) is 28.4 Å². The van der Waals surface area contributed by atoms with Gasteiger partial charge in [0.25, 0.3) is 0 Å². The number of fused-ring (bicyclic) bond motifs is 3. The minimum Gasteiger partial charge on any atom is -0.459 e. The quantitative estimate of drug-likeness (QED) is 0.0342. The lowest BCUT2D eigenvalue weighted by Crippen LogP contribution is -2.70. The molecule has 1 saturated carbocycles. The van der Waals surface area contributed by atoms with E-state index in [1.165, 1.54) is 0 Å². The Hall–Kier alpha value is -6.80. The maximum atomic E-state index is 15.4. The van der Waals surface area contributed by atoms with Crippen molar-refractivity contribution in [2.45, 2.75) is 101 Å². The monoisotopic (exact) mass is 1040 g/mol. The van der Waals surface area contributed by atoms with Crippen molar-refractivity contribution in [2.75, 3.05) is 39.6 Å². The van der Waals surface area contributed by atoms with E-state index in [0.29, 0.717) is 55.4 Å². The highest BCUT2D eigenvalue weighted by Crippen LogP contribution is 2.62. The summed E-state index contributed by atoms with van der Waals surface area (Å²) in [5.74, 6) is -0.336. The van der Waals surface area contributed by atoms with E-state index in [-0.39, 0.29) is 63.8 Å². The van der Waals surface area contributed by atoms with Crippen molar-refractivity contribution >= 4 is 22.6 Å². The number of aliphatic hydroxyl groups is 2. The summed E-state index contributed by atoms with van der Waals surface area (Å²) in [6, 6.07) is 47.8. The molecule has 12 nitrogen and oxygen atoms in total. The second-order valence-electron chi connectivity index (χ2n) is 20.6. The van der Waals surface area contributed by atoms with Crippen LogP contribution in [0.5, 0.6) is 17.2 Å². The maximum Gasteiger partial charge on any atom is 0.410 e. The molecule has 1 unspecified atom stereocenters. The highest BCUT2D eigenvalue weighted by molar-refractivity contribution is 6.03. The molecule has 6 aromatic carbocycles. The first-order valence-corrected chi connectivity index (χ1v) is 27.7. The molecule has 2 fully saturated rings. The van der Waals surface area contributed by atoms with Crippen LogP contribution in [0, 0.1) is 17.8 Å². The zero-order valence-electron chi connectivity index (χ0n) is 44.0. The SMILES string of the molecule is C=CCO[C@@]12Oc3ccc(Oc4ccc(-c5ccccc5)cc4)cc3[C@H]3[C@H](CCCCO)[C@@H](CCCCO)C=C(C(=NOC4CCCCO4)C[C@@H]1N(Cc1cccc4ccccc14)C(=O)OCCOCc1ccccc1)[C@H]32. The number of aliphatic hydroxyl groups excluding tert-OH is 2. The normalized spacial score (nSPS) is 23.0. The minimum atomic E-state index is -1.52. The van der Waals surface area contributed by atoms with Gasteiger partial charge in [-0.2, -0.15) is 0 Å². The van der Waals surface area contributed by atoms with Gasteiger partial charge in [0.2, 0.25) is 12.1 Å². The summed E-state index contributed by atoms with van der Waals surface area (Å²) in [5, 5.41) is 27.5. The van der Waals surface area contributed by atoms with Gasteiger partial charge >= 0.3 is 6.09 Å². The zero-order valence-corrected chi connectivity index (χ0v) is 44.0. The molecule has 1 saturated heterocycles. The molecule has 402 valence electrons. The summed E-state index contributed by atoms with van der Waals surface area (Å²) in [4.78, 5) is 23.6. The molecule has 10 rings (SSSR count). The Labute approximate surface area is 452 Å². The molecule has 2 N–H and O–H groups in total. The van der Waals surface area contributed by atoms with E-state index in [4.69, 9.17) is 38.4 Å². The van der Waals surface area contributed by atoms with Crippen LogP contribution in [0.25, 0.3) is 21.9 Å². The molecule has 7 atom stereocenters. The molecule has 4 aliphatic rings. The van der Waals surface area contributed by atoms with E-state index in [1.54, 1.807) is 11.0 Å². The molecule has 6 aromatic rings. The molecule has 77 heavy (non-hydrogen) atoms. The average molecular weight is 1040 g/mol. The number of allylic oxidation sites excluding steroid dienone is 1. The van der Waals surface area contributed by atoms with E-state index < -0.39 is 30.1 Å². The first kappa shape index (κ1) is 53.6. The summed E-state index contributed by atoms with van der Waals surface area (Å²) in [7, 11) is 0. The Balaban J connectivity index is 1.11. The average Bonchev–Trinajstić information content (AvgIpc) is 3.66. The Morgan fingerprint density at radius 2 is 1.53 bits per heavy atom. The van der Waals surface area contributed by atoms with Crippen LogP contribution in [0.3, 0.4) is 0 Å².